The van der Waals surface area contributed by atoms with Crippen molar-refractivity contribution >= 4 is 21.8 Å². The summed E-state index contributed by atoms with van der Waals surface area (Å²) in [6.45, 7) is 4.67. The molecule has 2 aromatic rings. The molecule has 1 fully saturated rings. The van der Waals surface area contributed by atoms with Gasteiger partial charge >= 0.3 is 0 Å². The first-order chi connectivity index (χ1) is 10.6. The lowest BCUT2D eigenvalue weighted by atomic mass is 10.1. The summed E-state index contributed by atoms with van der Waals surface area (Å²) in [5, 5.41) is 0. The van der Waals surface area contributed by atoms with Gasteiger partial charge in [0.2, 0.25) is 0 Å². The molecule has 0 spiro atoms. The van der Waals surface area contributed by atoms with Crippen molar-refractivity contribution in [3.8, 4) is 0 Å². The number of benzene rings is 1. The minimum absolute atomic E-state index is 0.0218. The molecule has 3 rings (SSSR count). The zero-order chi connectivity index (χ0) is 15.7. The van der Waals surface area contributed by atoms with Crippen LogP contribution in [0.15, 0.2) is 45.5 Å². The van der Waals surface area contributed by atoms with Crippen LogP contribution in [0.25, 0.3) is 0 Å². The summed E-state index contributed by atoms with van der Waals surface area (Å²) < 4.78 is 6.17. The Hall–Kier alpha value is -1.55. The average Bonchev–Trinajstić information content (AvgIpc) is 3.30. The highest BCUT2D eigenvalue weighted by atomic mass is 79.9. The maximum absolute atomic E-state index is 13.0. The molecular formula is C18H20BrNO2. The normalized spacial score (nSPS) is 15.6. The highest BCUT2D eigenvalue weighted by Crippen LogP contribution is 2.36. The van der Waals surface area contributed by atoms with Gasteiger partial charge in [-0.15, -0.1) is 0 Å². The van der Waals surface area contributed by atoms with Crippen LogP contribution < -0.4 is 0 Å². The lowest BCUT2D eigenvalue weighted by Gasteiger charge is -2.29. The van der Waals surface area contributed by atoms with Gasteiger partial charge in [0.1, 0.15) is 0 Å². The molecule has 0 saturated heterocycles. The van der Waals surface area contributed by atoms with E-state index in [0.29, 0.717) is 22.9 Å². The fourth-order valence-corrected chi connectivity index (χ4v) is 3.31. The number of hydrogen-bond acceptors (Lipinski definition) is 2. The topological polar surface area (TPSA) is 33.5 Å². The second-order valence-corrected chi connectivity index (χ2v) is 6.84. The number of halogens is 1. The first-order valence-corrected chi connectivity index (χ1v) is 8.46. The van der Waals surface area contributed by atoms with Crippen LogP contribution in [0, 0.1) is 12.8 Å². The molecule has 1 aromatic carbocycles. The minimum Gasteiger partial charge on any atom is -0.444 e. The largest absolute Gasteiger partial charge is 0.444 e. The molecule has 1 heterocycles. The quantitative estimate of drug-likeness (QED) is 0.766. The van der Waals surface area contributed by atoms with E-state index in [2.05, 4.69) is 35.0 Å². The Balaban J connectivity index is 1.87. The van der Waals surface area contributed by atoms with Crippen LogP contribution in [0.4, 0.5) is 0 Å². The molecule has 0 bridgehead atoms. The molecule has 3 nitrogen and oxygen atoms in total. The van der Waals surface area contributed by atoms with E-state index < -0.39 is 0 Å². The van der Waals surface area contributed by atoms with Crippen molar-refractivity contribution in [2.24, 2.45) is 5.92 Å². The van der Waals surface area contributed by atoms with Gasteiger partial charge in [-0.25, -0.2) is 0 Å². The van der Waals surface area contributed by atoms with Crippen molar-refractivity contribution in [1.82, 2.24) is 4.90 Å². The van der Waals surface area contributed by atoms with E-state index >= 15 is 0 Å². The van der Waals surface area contributed by atoms with Gasteiger partial charge in [-0.05, 0) is 60.2 Å². The van der Waals surface area contributed by atoms with Gasteiger partial charge in [0.05, 0.1) is 0 Å². The van der Waals surface area contributed by atoms with Crippen LogP contribution in [0.5, 0.6) is 0 Å². The van der Waals surface area contributed by atoms with E-state index in [4.69, 9.17) is 4.42 Å². The summed E-state index contributed by atoms with van der Waals surface area (Å²) in [6, 6.07) is 12.2. The van der Waals surface area contributed by atoms with Crippen LogP contribution >= 0.6 is 15.9 Å². The molecular weight excluding hydrogens is 342 g/mol. The molecule has 1 aliphatic rings. The summed E-state index contributed by atoms with van der Waals surface area (Å²) in [5.41, 5.74) is 2.02. The first-order valence-electron chi connectivity index (χ1n) is 7.67. The number of carbonyl (C=O) groups is 1. The van der Waals surface area contributed by atoms with Gasteiger partial charge in [-0.1, -0.05) is 30.3 Å². The Morgan fingerprint density at radius 1 is 1.36 bits per heavy atom. The molecule has 1 unspecified atom stereocenters. The number of amides is 1. The van der Waals surface area contributed by atoms with E-state index in [1.165, 1.54) is 12.8 Å². The van der Waals surface area contributed by atoms with Gasteiger partial charge < -0.3 is 9.32 Å². The smallest absolute Gasteiger partial charge is 0.290 e. The molecule has 1 saturated carbocycles. The van der Waals surface area contributed by atoms with E-state index in [-0.39, 0.29) is 11.9 Å². The third-order valence-electron chi connectivity index (χ3n) is 4.33. The monoisotopic (exact) mass is 361 g/mol. The Morgan fingerprint density at radius 2 is 2.05 bits per heavy atom. The molecule has 4 heteroatoms. The van der Waals surface area contributed by atoms with E-state index in [1.54, 1.807) is 0 Å². The van der Waals surface area contributed by atoms with Crippen LogP contribution in [0.3, 0.4) is 0 Å². The number of carbonyl (C=O) groups excluding carboxylic acids is 1. The molecule has 1 aromatic heterocycles. The summed E-state index contributed by atoms with van der Waals surface area (Å²) >= 11 is 3.31. The Morgan fingerprint density at radius 3 is 2.59 bits per heavy atom. The third kappa shape index (κ3) is 3.27. The molecule has 1 aliphatic carbocycles. The van der Waals surface area contributed by atoms with Crippen molar-refractivity contribution in [2.45, 2.75) is 39.3 Å². The van der Waals surface area contributed by atoms with Gasteiger partial charge in [0, 0.05) is 18.2 Å². The van der Waals surface area contributed by atoms with Crippen molar-refractivity contribution in [2.75, 3.05) is 0 Å². The van der Waals surface area contributed by atoms with E-state index in [1.807, 2.05) is 36.1 Å². The highest BCUT2D eigenvalue weighted by Gasteiger charge is 2.36. The third-order valence-corrected chi connectivity index (χ3v) is 4.73. The van der Waals surface area contributed by atoms with E-state index in [9.17, 15) is 4.79 Å². The van der Waals surface area contributed by atoms with Crippen molar-refractivity contribution in [3.05, 3.63) is 58.0 Å². The van der Waals surface area contributed by atoms with Crippen LogP contribution in [-0.4, -0.2) is 16.8 Å². The van der Waals surface area contributed by atoms with Crippen LogP contribution in [-0.2, 0) is 6.54 Å². The Bertz CT molecular complexity index is 661. The summed E-state index contributed by atoms with van der Waals surface area (Å²) in [5.74, 6) is 1.04. The van der Waals surface area contributed by atoms with Crippen LogP contribution in [0.1, 0.15) is 41.4 Å². The first kappa shape index (κ1) is 15.3. The van der Waals surface area contributed by atoms with Crippen molar-refractivity contribution < 1.29 is 9.21 Å². The Kier molecular flexibility index (Phi) is 4.39. The molecule has 1 amide bonds. The minimum atomic E-state index is -0.0218. The average molecular weight is 362 g/mol. The van der Waals surface area contributed by atoms with Crippen molar-refractivity contribution in [1.29, 1.82) is 0 Å². The maximum atomic E-state index is 13.0. The molecule has 0 aliphatic heterocycles. The second-order valence-electron chi connectivity index (χ2n) is 6.06. The second kappa shape index (κ2) is 6.29. The molecule has 116 valence electrons. The maximum Gasteiger partial charge on any atom is 0.290 e. The zero-order valence-electron chi connectivity index (χ0n) is 12.9. The van der Waals surface area contributed by atoms with Gasteiger partial charge in [-0.3, -0.25) is 4.79 Å². The Labute approximate surface area is 139 Å². The number of furan rings is 1. The van der Waals surface area contributed by atoms with Gasteiger partial charge in [-0.2, -0.15) is 0 Å². The van der Waals surface area contributed by atoms with Gasteiger partial charge in [0.25, 0.3) is 5.91 Å². The zero-order valence-corrected chi connectivity index (χ0v) is 14.5. The summed E-state index contributed by atoms with van der Waals surface area (Å²) in [7, 11) is 0. The number of rotatable bonds is 5. The fourth-order valence-electron chi connectivity index (χ4n) is 2.80. The van der Waals surface area contributed by atoms with Crippen LogP contribution in [0.2, 0.25) is 0 Å². The standard InChI is InChI=1S/C18H20BrNO2/c1-12-10-16(19)22-17(12)18(21)20(13(2)15-8-9-15)11-14-6-4-3-5-7-14/h3-7,10,13,15H,8-9,11H2,1-2H3. The summed E-state index contributed by atoms with van der Waals surface area (Å²) in [4.78, 5) is 14.9. The molecule has 0 N–H and O–H groups in total. The van der Waals surface area contributed by atoms with Crippen molar-refractivity contribution in [3.63, 3.8) is 0 Å². The predicted octanol–water partition coefficient (Wildman–Crippen LogP) is 4.79. The number of nitrogens with zero attached hydrogens (tertiary/aromatic N) is 1. The highest BCUT2D eigenvalue weighted by molar-refractivity contribution is 9.10. The molecule has 1 atom stereocenters. The number of hydrogen-bond donors (Lipinski definition) is 0. The lowest BCUT2D eigenvalue weighted by Crippen LogP contribution is -2.39. The predicted molar refractivity (Wildman–Crippen MR) is 89.6 cm³/mol. The molecule has 22 heavy (non-hydrogen) atoms. The molecule has 0 radical (unpaired) electrons. The van der Waals surface area contributed by atoms with Gasteiger partial charge in [0.15, 0.2) is 10.4 Å². The van der Waals surface area contributed by atoms with E-state index in [0.717, 1.165) is 11.1 Å². The fraction of sp³-hybridized carbons (Fsp3) is 0.389. The summed E-state index contributed by atoms with van der Waals surface area (Å²) in [6.07, 6.45) is 2.42. The lowest BCUT2D eigenvalue weighted by molar-refractivity contribution is 0.0619. The number of aryl methyl sites for hydroxylation is 1. The SMILES string of the molecule is Cc1cc(Br)oc1C(=O)N(Cc1ccccc1)C(C)C1CC1.